The molecule has 100 valence electrons. The molecular weight excluding hydrogens is 244 g/mol. The molecule has 19 heavy (non-hydrogen) atoms. The van der Waals surface area contributed by atoms with Gasteiger partial charge in [0.05, 0.1) is 13.2 Å². The highest BCUT2D eigenvalue weighted by atomic mass is 16.5. The first-order chi connectivity index (χ1) is 9.15. The summed E-state index contributed by atoms with van der Waals surface area (Å²) in [5, 5.41) is 9.32. The maximum atomic E-state index is 11.9. The van der Waals surface area contributed by atoms with Gasteiger partial charge >= 0.3 is 5.97 Å². The Labute approximate surface area is 111 Å². The highest BCUT2D eigenvalue weighted by molar-refractivity contribution is 6.04. The van der Waals surface area contributed by atoms with Gasteiger partial charge in [-0.3, -0.25) is 9.59 Å². The van der Waals surface area contributed by atoms with Crippen molar-refractivity contribution in [3.63, 3.8) is 0 Å². The molecule has 0 amide bonds. The fourth-order valence-electron chi connectivity index (χ4n) is 2.13. The highest BCUT2D eigenvalue weighted by Crippen LogP contribution is 2.30. The molecule has 0 aromatic heterocycles. The third-order valence-corrected chi connectivity index (χ3v) is 3.34. The first-order valence-corrected chi connectivity index (χ1v) is 6.21. The second kappa shape index (κ2) is 5.80. The fourth-order valence-corrected chi connectivity index (χ4v) is 2.13. The Morgan fingerprint density at radius 2 is 2.11 bits per heavy atom. The number of aliphatic carboxylic acids is 1. The fraction of sp³-hybridized carbons (Fsp3) is 0.333. The lowest BCUT2D eigenvalue weighted by Gasteiger charge is -2.30. The minimum Gasteiger partial charge on any atom is -0.480 e. The highest BCUT2D eigenvalue weighted by Gasteiger charge is 2.46. The quantitative estimate of drug-likeness (QED) is 0.842. The molecule has 2 rings (SSSR count). The Morgan fingerprint density at radius 1 is 1.37 bits per heavy atom. The summed E-state index contributed by atoms with van der Waals surface area (Å²) < 4.78 is 5.18. The smallest absolute Gasteiger partial charge is 0.319 e. The van der Waals surface area contributed by atoms with Gasteiger partial charge in [-0.25, -0.2) is 0 Å². The molecule has 1 aliphatic rings. The van der Waals surface area contributed by atoms with Crippen molar-refractivity contribution >= 4 is 17.8 Å². The molecule has 1 aromatic carbocycles. The molecule has 0 aliphatic carbocycles. The Morgan fingerprint density at radius 3 is 2.74 bits per heavy atom. The van der Waals surface area contributed by atoms with E-state index in [-0.39, 0.29) is 25.2 Å². The number of rotatable bonds is 4. The third-order valence-electron chi connectivity index (χ3n) is 3.34. The SMILES string of the molecule is O=C(O)C1(C/C=C/c2ccccc2)COCCC1=O. The van der Waals surface area contributed by atoms with Crippen LogP contribution in [0, 0.1) is 5.41 Å². The van der Waals surface area contributed by atoms with Gasteiger partial charge in [0, 0.05) is 6.42 Å². The maximum Gasteiger partial charge on any atom is 0.319 e. The van der Waals surface area contributed by atoms with Gasteiger partial charge < -0.3 is 9.84 Å². The van der Waals surface area contributed by atoms with Crippen LogP contribution in [0.25, 0.3) is 6.08 Å². The number of hydrogen-bond acceptors (Lipinski definition) is 3. The van der Waals surface area contributed by atoms with Crippen LogP contribution in [0.4, 0.5) is 0 Å². The molecule has 0 radical (unpaired) electrons. The molecule has 1 saturated heterocycles. The van der Waals surface area contributed by atoms with Crippen molar-refractivity contribution in [3.8, 4) is 0 Å². The first-order valence-electron chi connectivity index (χ1n) is 6.21. The second-order valence-corrected chi connectivity index (χ2v) is 4.63. The first kappa shape index (κ1) is 13.5. The third kappa shape index (κ3) is 2.90. The van der Waals surface area contributed by atoms with Gasteiger partial charge in [-0.1, -0.05) is 42.5 Å². The second-order valence-electron chi connectivity index (χ2n) is 4.63. The van der Waals surface area contributed by atoms with Crippen LogP contribution in [0.5, 0.6) is 0 Å². The van der Waals surface area contributed by atoms with Gasteiger partial charge in [-0.05, 0) is 12.0 Å². The minimum atomic E-state index is -1.41. The zero-order valence-electron chi connectivity index (χ0n) is 10.5. The van der Waals surface area contributed by atoms with E-state index in [2.05, 4.69) is 0 Å². The van der Waals surface area contributed by atoms with Crippen molar-refractivity contribution in [2.24, 2.45) is 5.41 Å². The molecule has 1 aliphatic heterocycles. The lowest BCUT2D eigenvalue weighted by molar-refractivity contribution is -0.164. The standard InChI is InChI=1S/C15H16O4/c16-13-8-10-19-11-15(13,14(17)18)9-4-7-12-5-2-1-3-6-12/h1-7H,8-11H2,(H,17,18)/b7-4+. The number of carboxylic acids is 1. The van der Waals surface area contributed by atoms with Gasteiger partial charge in [-0.15, -0.1) is 0 Å². The van der Waals surface area contributed by atoms with E-state index >= 15 is 0 Å². The largest absolute Gasteiger partial charge is 0.480 e. The molecular formula is C15H16O4. The number of ether oxygens (including phenoxy) is 1. The lowest BCUT2D eigenvalue weighted by Crippen LogP contribution is -2.46. The molecule has 0 spiro atoms. The van der Waals surface area contributed by atoms with Crippen LogP contribution < -0.4 is 0 Å². The summed E-state index contributed by atoms with van der Waals surface area (Å²) in [5.41, 5.74) is -0.434. The normalized spacial score (nSPS) is 23.7. The zero-order chi connectivity index (χ0) is 13.7. The van der Waals surface area contributed by atoms with Gasteiger partial charge in [0.15, 0.2) is 11.2 Å². The van der Waals surface area contributed by atoms with E-state index in [1.165, 1.54) is 0 Å². The average Bonchev–Trinajstić information content (AvgIpc) is 2.42. The predicted octanol–water partition coefficient (Wildman–Crippen LogP) is 2.15. The summed E-state index contributed by atoms with van der Waals surface area (Å²) in [5.74, 6) is -1.35. The Hall–Kier alpha value is -1.94. The van der Waals surface area contributed by atoms with Crippen molar-refractivity contribution in [1.29, 1.82) is 0 Å². The van der Waals surface area contributed by atoms with Crippen LogP contribution in [0.3, 0.4) is 0 Å². The molecule has 0 bridgehead atoms. The van der Waals surface area contributed by atoms with Gasteiger partial charge in [0.25, 0.3) is 0 Å². The van der Waals surface area contributed by atoms with E-state index in [0.29, 0.717) is 6.61 Å². The summed E-state index contributed by atoms with van der Waals surface area (Å²) >= 11 is 0. The predicted molar refractivity (Wildman–Crippen MR) is 70.6 cm³/mol. The van der Waals surface area contributed by atoms with Crippen molar-refractivity contribution in [1.82, 2.24) is 0 Å². The van der Waals surface area contributed by atoms with Crippen LogP contribution >= 0.6 is 0 Å². The number of carbonyl (C=O) groups is 2. The van der Waals surface area contributed by atoms with E-state index in [1.54, 1.807) is 6.08 Å². The van der Waals surface area contributed by atoms with Crippen molar-refractivity contribution in [2.45, 2.75) is 12.8 Å². The number of ketones is 1. The Bertz CT molecular complexity index is 492. The summed E-state index contributed by atoms with van der Waals surface area (Å²) in [6, 6.07) is 9.56. The number of benzene rings is 1. The maximum absolute atomic E-state index is 11.9. The molecule has 4 nitrogen and oxygen atoms in total. The molecule has 1 heterocycles. The minimum absolute atomic E-state index is 0.0414. The number of allylic oxidation sites excluding steroid dienone is 1. The average molecular weight is 260 g/mol. The van der Waals surface area contributed by atoms with Crippen LogP contribution in [0.2, 0.25) is 0 Å². The number of hydrogen-bond donors (Lipinski definition) is 1. The number of Topliss-reactive ketones (excluding diaryl/α,β-unsaturated/α-hetero) is 1. The van der Waals surface area contributed by atoms with Crippen LogP contribution in [-0.2, 0) is 14.3 Å². The van der Waals surface area contributed by atoms with Gasteiger partial charge in [-0.2, -0.15) is 0 Å². The van der Waals surface area contributed by atoms with E-state index in [1.807, 2.05) is 36.4 Å². The van der Waals surface area contributed by atoms with Gasteiger partial charge in [0.2, 0.25) is 0 Å². The number of carboxylic acid groups (broad SMARTS) is 1. The molecule has 1 fully saturated rings. The topological polar surface area (TPSA) is 63.6 Å². The lowest BCUT2D eigenvalue weighted by atomic mass is 9.78. The Kier molecular flexibility index (Phi) is 4.12. The van der Waals surface area contributed by atoms with E-state index < -0.39 is 11.4 Å². The van der Waals surface area contributed by atoms with Crippen molar-refractivity contribution < 1.29 is 19.4 Å². The molecule has 1 aromatic rings. The molecule has 0 saturated carbocycles. The van der Waals surface area contributed by atoms with Gasteiger partial charge in [0.1, 0.15) is 0 Å². The molecule has 1 N–H and O–H groups in total. The number of carbonyl (C=O) groups excluding carboxylic acids is 1. The van der Waals surface area contributed by atoms with Crippen LogP contribution in [-0.4, -0.2) is 30.1 Å². The van der Waals surface area contributed by atoms with E-state index in [0.717, 1.165) is 5.56 Å². The van der Waals surface area contributed by atoms with Crippen molar-refractivity contribution in [2.75, 3.05) is 13.2 Å². The van der Waals surface area contributed by atoms with E-state index in [4.69, 9.17) is 4.74 Å². The molecule has 4 heteroatoms. The molecule has 1 unspecified atom stereocenters. The summed E-state index contributed by atoms with van der Waals surface area (Å²) in [6.07, 6.45) is 3.89. The van der Waals surface area contributed by atoms with Crippen LogP contribution in [0.1, 0.15) is 18.4 Å². The van der Waals surface area contributed by atoms with Crippen molar-refractivity contribution in [3.05, 3.63) is 42.0 Å². The Balaban J connectivity index is 2.12. The summed E-state index contributed by atoms with van der Waals surface area (Å²) in [4.78, 5) is 23.3. The molecule has 1 atom stereocenters. The van der Waals surface area contributed by atoms with Crippen LogP contribution in [0.15, 0.2) is 36.4 Å². The monoisotopic (exact) mass is 260 g/mol. The summed E-state index contributed by atoms with van der Waals surface area (Å²) in [6.45, 7) is 0.274. The summed E-state index contributed by atoms with van der Waals surface area (Å²) in [7, 11) is 0. The van der Waals surface area contributed by atoms with E-state index in [9.17, 15) is 14.7 Å². The zero-order valence-corrected chi connectivity index (χ0v) is 10.5.